The summed E-state index contributed by atoms with van der Waals surface area (Å²) in [6, 6.07) is 8.15. The van der Waals surface area contributed by atoms with E-state index in [1.807, 2.05) is 18.2 Å². The highest BCUT2D eigenvalue weighted by molar-refractivity contribution is 9.10. The van der Waals surface area contributed by atoms with Crippen LogP contribution in [0.5, 0.6) is 0 Å². The molecule has 1 aromatic rings. The van der Waals surface area contributed by atoms with Gasteiger partial charge < -0.3 is 10.2 Å². The summed E-state index contributed by atoms with van der Waals surface area (Å²) in [4.78, 5) is 14.3. The Morgan fingerprint density at radius 2 is 1.90 bits per heavy atom. The largest absolute Gasteiger partial charge is 0.342 e. The summed E-state index contributed by atoms with van der Waals surface area (Å²) in [5.74, 6) is 1.69. The monoisotopic (exact) mass is 358 g/mol. The molecule has 20 heavy (non-hydrogen) atoms. The summed E-state index contributed by atoms with van der Waals surface area (Å²) in [7, 11) is 0. The van der Waals surface area contributed by atoms with Crippen LogP contribution in [0, 0.1) is 11.8 Å². The molecule has 0 radical (unpaired) electrons. The molecule has 0 aromatic heterocycles. The molecule has 1 N–H and O–H groups in total. The van der Waals surface area contributed by atoms with Crippen LogP contribution in [0.15, 0.2) is 28.7 Å². The van der Waals surface area contributed by atoms with E-state index in [0.29, 0.717) is 24.2 Å². The van der Waals surface area contributed by atoms with Gasteiger partial charge in [0.2, 0.25) is 5.91 Å². The van der Waals surface area contributed by atoms with E-state index in [1.165, 1.54) is 5.56 Å². The Morgan fingerprint density at radius 1 is 1.25 bits per heavy atom. The first-order valence-electron chi connectivity index (χ1n) is 6.96. The van der Waals surface area contributed by atoms with E-state index in [2.05, 4.69) is 32.2 Å². The summed E-state index contributed by atoms with van der Waals surface area (Å²) in [5, 5.41) is 3.40. The zero-order valence-electron chi connectivity index (χ0n) is 11.3. The Bertz CT molecular complexity index is 471. The van der Waals surface area contributed by atoms with Crippen molar-refractivity contribution in [1.82, 2.24) is 10.2 Å². The van der Waals surface area contributed by atoms with Crippen LogP contribution >= 0.6 is 28.3 Å². The first-order chi connectivity index (χ1) is 9.24. The van der Waals surface area contributed by atoms with Crippen molar-refractivity contribution < 1.29 is 4.79 Å². The fraction of sp³-hybridized carbons (Fsp3) is 0.533. The molecule has 0 bridgehead atoms. The van der Waals surface area contributed by atoms with Crippen molar-refractivity contribution in [1.29, 1.82) is 0 Å². The van der Waals surface area contributed by atoms with Gasteiger partial charge in [0, 0.05) is 37.1 Å². The van der Waals surface area contributed by atoms with E-state index in [4.69, 9.17) is 0 Å². The number of amides is 1. The summed E-state index contributed by atoms with van der Waals surface area (Å²) in [6.07, 6.45) is 1.44. The third-order valence-electron chi connectivity index (χ3n) is 4.31. The molecule has 0 saturated carbocycles. The normalized spacial score (nSPS) is 24.4. The molecular formula is C15H20BrClN2O. The van der Waals surface area contributed by atoms with E-state index >= 15 is 0 Å². The van der Waals surface area contributed by atoms with E-state index in [0.717, 1.165) is 37.1 Å². The number of fused-ring (bicyclic) bond motifs is 1. The quantitative estimate of drug-likeness (QED) is 0.899. The van der Waals surface area contributed by atoms with E-state index in [-0.39, 0.29) is 12.4 Å². The lowest BCUT2D eigenvalue weighted by molar-refractivity contribution is -0.130. The molecular weight excluding hydrogens is 340 g/mol. The summed E-state index contributed by atoms with van der Waals surface area (Å²) in [5.41, 5.74) is 1.22. The Morgan fingerprint density at radius 3 is 2.55 bits per heavy atom. The van der Waals surface area contributed by atoms with Gasteiger partial charge in [0.1, 0.15) is 0 Å². The number of rotatable bonds is 3. The van der Waals surface area contributed by atoms with Crippen LogP contribution < -0.4 is 5.32 Å². The second-order valence-corrected chi connectivity index (χ2v) is 6.42. The number of likely N-dealkylation sites (tertiary alicyclic amines) is 1. The van der Waals surface area contributed by atoms with Crippen LogP contribution in [-0.2, 0) is 11.2 Å². The van der Waals surface area contributed by atoms with Crippen molar-refractivity contribution in [2.45, 2.75) is 12.8 Å². The molecule has 5 heteroatoms. The number of hydrogen-bond donors (Lipinski definition) is 1. The van der Waals surface area contributed by atoms with Gasteiger partial charge in [-0.1, -0.05) is 34.1 Å². The van der Waals surface area contributed by atoms with Crippen LogP contribution in [0.1, 0.15) is 12.0 Å². The molecule has 0 aliphatic carbocycles. The number of aryl methyl sites for hydroxylation is 1. The van der Waals surface area contributed by atoms with Gasteiger partial charge in [-0.3, -0.25) is 4.79 Å². The van der Waals surface area contributed by atoms with Crippen LogP contribution in [-0.4, -0.2) is 37.0 Å². The molecule has 0 spiro atoms. The Hall–Kier alpha value is -0.580. The van der Waals surface area contributed by atoms with Crippen molar-refractivity contribution in [3.05, 3.63) is 34.3 Å². The molecule has 2 aliphatic heterocycles. The average molecular weight is 360 g/mol. The zero-order valence-corrected chi connectivity index (χ0v) is 13.8. The highest BCUT2D eigenvalue weighted by atomic mass is 79.9. The molecule has 0 unspecified atom stereocenters. The molecule has 110 valence electrons. The number of hydrogen-bond acceptors (Lipinski definition) is 2. The fourth-order valence-electron chi connectivity index (χ4n) is 3.16. The molecule has 2 atom stereocenters. The van der Waals surface area contributed by atoms with Crippen molar-refractivity contribution in [2.24, 2.45) is 11.8 Å². The predicted octanol–water partition coefficient (Wildman–Crippen LogP) is 2.48. The maximum atomic E-state index is 12.3. The third-order valence-corrected chi connectivity index (χ3v) is 5.08. The summed E-state index contributed by atoms with van der Waals surface area (Å²) in [6.45, 7) is 4.07. The molecule has 3 nitrogen and oxygen atoms in total. The number of nitrogens with one attached hydrogen (secondary N) is 1. The smallest absolute Gasteiger partial charge is 0.222 e. The number of benzene rings is 1. The lowest BCUT2D eigenvalue weighted by atomic mass is 10.0. The Labute approximate surface area is 134 Å². The lowest BCUT2D eigenvalue weighted by Gasteiger charge is -2.17. The zero-order chi connectivity index (χ0) is 13.2. The summed E-state index contributed by atoms with van der Waals surface area (Å²) >= 11 is 3.54. The van der Waals surface area contributed by atoms with Gasteiger partial charge in [-0.05, 0) is 29.9 Å². The van der Waals surface area contributed by atoms with Gasteiger partial charge in [0.25, 0.3) is 0 Å². The van der Waals surface area contributed by atoms with Gasteiger partial charge >= 0.3 is 0 Å². The molecule has 1 aromatic carbocycles. The minimum absolute atomic E-state index is 0. The molecule has 1 amide bonds. The first kappa shape index (κ1) is 15.8. The van der Waals surface area contributed by atoms with E-state index < -0.39 is 0 Å². The SMILES string of the molecule is Cl.O=C(CCc1ccccc1Br)N1C[C@H]2CNC[C@H]2C1. The van der Waals surface area contributed by atoms with Crippen molar-refractivity contribution in [3.8, 4) is 0 Å². The first-order valence-corrected chi connectivity index (χ1v) is 7.75. The van der Waals surface area contributed by atoms with Gasteiger partial charge in [0.05, 0.1) is 0 Å². The Kier molecular flexibility index (Phi) is 5.47. The van der Waals surface area contributed by atoms with Crippen LogP contribution in [0.4, 0.5) is 0 Å². The van der Waals surface area contributed by atoms with Gasteiger partial charge in [-0.15, -0.1) is 12.4 Å². The fourth-order valence-corrected chi connectivity index (χ4v) is 3.64. The van der Waals surface area contributed by atoms with Crippen LogP contribution in [0.2, 0.25) is 0 Å². The molecule has 2 aliphatic rings. The summed E-state index contributed by atoms with van der Waals surface area (Å²) < 4.78 is 1.10. The molecule has 2 fully saturated rings. The van der Waals surface area contributed by atoms with Gasteiger partial charge in [-0.2, -0.15) is 0 Å². The maximum absolute atomic E-state index is 12.3. The van der Waals surface area contributed by atoms with Crippen LogP contribution in [0.3, 0.4) is 0 Å². The topological polar surface area (TPSA) is 32.3 Å². The van der Waals surface area contributed by atoms with E-state index in [1.54, 1.807) is 0 Å². The standard InChI is InChI=1S/C15H19BrN2O.ClH/c16-14-4-2-1-3-11(14)5-6-15(19)18-9-12-7-17-8-13(12)10-18;/h1-4,12-13,17H,5-10H2;1H/t12-,13+;. The second-order valence-electron chi connectivity index (χ2n) is 5.57. The molecule has 2 heterocycles. The predicted molar refractivity (Wildman–Crippen MR) is 86.1 cm³/mol. The van der Waals surface area contributed by atoms with Gasteiger partial charge in [-0.25, -0.2) is 0 Å². The van der Waals surface area contributed by atoms with Crippen molar-refractivity contribution in [2.75, 3.05) is 26.2 Å². The highest BCUT2D eigenvalue weighted by Gasteiger charge is 2.37. The minimum Gasteiger partial charge on any atom is -0.342 e. The Balaban J connectivity index is 0.00000147. The second kappa shape index (κ2) is 6.92. The molecule has 2 saturated heterocycles. The van der Waals surface area contributed by atoms with Gasteiger partial charge in [0.15, 0.2) is 0 Å². The van der Waals surface area contributed by atoms with Crippen LogP contribution in [0.25, 0.3) is 0 Å². The number of halogens is 2. The van der Waals surface area contributed by atoms with E-state index in [9.17, 15) is 4.79 Å². The molecule has 3 rings (SSSR count). The van der Waals surface area contributed by atoms with Crippen molar-refractivity contribution in [3.63, 3.8) is 0 Å². The maximum Gasteiger partial charge on any atom is 0.222 e. The number of carbonyl (C=O) groups excluding carboxylic acids is 1. The minimum atomic E-state index is 0. The lowest BCUT2D eigenvalue weighted by Crippen LogP contribution is -2.32. The third kappa shape index (κ3) is 3.35. The van der Waals surface area contributed by atoms with Crippen molar-refractivity contribution >= 4 is 34.2 Å². The average Bonchev–Trinajstić information content (AvgIpc) is 2.98. The number of carbonyl (C=O) groups is 1. The highest BCUT2D eigenvalue weighted by Crippen LogP contribution is 2.27. The number of nitrogens with zero attached hydrogens (tertiary/aromatic N) is 1.